The zero-order chi connectivity index (χ0) is 24.9. The molecule has 0 spiro atoms. The van der Waals surface area contributed by atoms with Crippen molar-refractivity contribution in [3.63, 3.8) is 0 Å². The molecule has 1 amide bonds. The van der Waals surface area contributed by atoms with E-state index in [-0.39, 0.29) is 25.1 Å². The number of fused-ring (bicyclic) bond motifs is 1. The predicted molar refractivity (Wildman–Crippen MR) is 137 cm³/mol. The minimum absolute atomic E-state index is 0.000619. The number of nitrogens with one attached hydrogen (secondary N) is 1. The van der Waals surface area contributed by atoms with Crippen LogP contribution in [0.4, 0.5) is 10.5 Å². The molecule has 0 bridgehead atoms. The van der Waals surface area contributed by atoms with Crippen LogP contribution in [0, 0.1) is 12.8 Å². The van der Waals surface area contributed by atoms with Crippen LogP contribution in [0.3, 0.4) is 0 Å². The van der Waals surface area contributed by atoms with Gasteiger partial charge in [0.2, 0.25) is 0 Å². The summed E-state index contributed by atoms with van der Waals surface area (Å²) < 4.78 is 11.6. The number of benzene rings is 1. The van der Waals surface area contributed by atoms with E-state index in [9.17, 15) is 9.59 Å². The Morgan fingerprint density at radius 2 is 1.91 bits per heavy atom. The number of carbonyl (C=O) groups is 2. The van der Waals surface area contributed by atoms with Crippen LogP contribution in [0.25, 0.3) is 11.1 Å². The van der Waals surface area contributed by atoms with Gasteiger partial charge < -0.3 is 24.5 Å². The molecule has 2 aromatic heterocycles. The predicted octanol–water partition coefficient (Wildman–Crippen LogP) is 6.40. The maximum Gasteiger partial charge on any atom is 0.505 e. The Balaban J connectivity index is 1.53. The Kier molecular flexibility index (Phi) is 7.95. The van der Waals surface area contributed by atoms with Crippen molar-refractivity contribution in [1.29, 1.82) is 0 Å². The highest BCUT2D eigenvalue weighted by Crippen LogP contribution is 2.40. The number of carbonyl (C=O) groups excluding carboxylic acids is 1. The Bertz CT molecular complexity index is 1190. The molecular formula is C26H30BrN3O5. The zero-order valence-electron chi connectivity index (χ0n) is 19.9. The van der Waals surface area contributed by atoms with Gasteiger partial charge in [0.15, 0.2) is 5.58 Å². The quantitative estimate of drug-likeness (QED) is 0.250. The summed E-state index contributed by atoms with van der Waals surface area (Å²) in [5.41, 5.74) is 4.12. The highest BCUT2D eigenvalue weighted by atomic mass is 79.9. The Morgan fingerprint density at radius 1 is 1.20 bits per heavy atom. The van der Waals surface area contributed by atoms with Crippen LogP contribution in [-0.4, -0.2) is 47.3 Å². The minimum Gasteiger partial charge on any atom is -0.457 e. The minimum atomic E-state index is -1.35. The average Bonchev–Trinajstić information content (AvgIpc) is 3.18. The molecule has 1 aromatic carbocycles. The molecule has 1 atom stereocenters. The van der Waals surface area contributed by atoms with E-state index in [0.29, 0.717) is 11.5 Å². The normalized spacial score (nSPS) is 15.1. The van der Waals surface area contributed by atoms with Crippen molar-refractivity contribution in [1.82, 2.24) is 9.88 Å². The Labute approximate surface area is 212 Å². The van der Waals surface area contributed by atoms with E-state index >= 15 is 0 Å². The molecular weight excluding hydrogens is 514 g/mol. The van der Waals surface area contributed by atoms with Crippen molar-refractivity contribution in [2.45, 2.75) is 45.1 Å². The first-order chi connectivity index (χ1) is 16.8. The number of rotatable bonds is 8. The lowest BCUT2D eigenvalue weighted by atomic mass is 9.82. The largest absolute Gasteiger partial charge is 0.505 e. The molecule has 2 N–H and O–H groups in total. The molecule has 9 heteroatoms. The van der Waals surface area contributed by atoms with Crippen molar-refractivity contribution in [2.24, 2.45) is 5.92 Å². The number of likely N-dealkylation sites (N-methyl/N-ethyl adjacent to an activating group) is 1. The standard InChI is InChI=1S/C26H30BrN3O5/c1-16-22-20(12-13-21(27)29-22)35-24(16)23(17-6-4-3-5-7-17)28-19-10-8-18(9-11-19)25(31)30(2)14-15-34-26(32)33/h8-13,17,23,28H,3-7,14-15H2,1-2H3,(H,32,33). The summed E-state index contributed by atoms with van der Waals surface area (Å²) in [5.74, 6) is 1.16. The number of halogens is 1. The summed E-state index contributed by atoms with van der Waals surface area (Å²) in [6, 6.07) is 11.2. The molecule has 1 saturated carbocycles. The lowest BCUT2D eigenvalue weighted by Crippen LogP contribution is -2.30. The molecule has 1 unspecified atom stereocenters. The molecule has 0 aliphatic heterocycles. The number of aromatic nitrogens is 1. The van der Waals surface area contributed by atoms with Gasteiger partial charge in [-0.05, 0) is 78.0 Å². The fourth-order valence-corrected chi connectivity index (χ4v) is 5.04. The van der Waals surface area contributed by atoms with Crippen LogP contribution in [0.5, 0.6) is 0 Å². The summed E-state index contributed by atoms with van der Waals surface area (Å²) in [4.78, 5) is 29.2. The first-order valence-electron chi connectivity index (χ1n) is 11.9. The second kappa shape index (κ2) is 11.1. The van der Waals surface area contributed by atoms with Crippen molar-refractivity contribution in [3.8, 4) is 0 Å². The van der Waals surface area contributed by atoms with Gasteiger partial charge in [-0.1, -0.05) is 19.3 Å². The van der Waals surface area contributed by atoms with Gasteiger partial charge in [0.1, 0.15) is 22.5 Å². The number of anilines is 1. The van der Waals surface area contributed by atoms with Crippen LogP contribution in [-0.2, 0) is 4.74 Å². The lowest BCUT2D eigenvalue weighted by molar-refractivity contribution is 0.0661. The Hall–Kier alpha value is -3.07. The number of pyridine rings is 1. The molecule has 3 aromatic rings. The van der Waals surface area contributed by atoms with Gasteiger partial charge in [-0.25, -0.2) is 9.78 Å². The third kappa shape index (κ3) is 5.96. The van der Waals surface area contributed by atoms with Crippen molar-refractivity contribution >= 4 is 44.8 Å². The summed E-state index contributed by atoms with van der Waals surface area (Å²) in [7, 11) is 1.62. The second-order valence-electron chi connectivity index (χ2n) is 9.01. The smallest absolute Gasteiger partial charge is 0.457 e. The van der Waals surface area contributed by atoms with Crippen LogP contribution in [0.1, 0.15) is 59.8 Å². The van der Waals surface area contributed by atoms with Gasteiger partial charge in [0, 0.05) is 23.9 Å². The average molecular weight is 544 g/mol. The van der Waals surface area contributed by atoms with E-state index < -0.39 is 6.16 Å². The number of hydrogen-bond acceptors (Lipinski definition) is 6. The van der Waals surface area contributed by atoms with Gasteiger partial charge in [-0.15, -0.1) is 0 Å². The van der Waals surface area contributed by atoms with E-state index in [1.165, 1.54) is 24.2 Å². The fraction of sp³-hybridized carbons (Fsp3) is 0.423. The lowest BCUT2D eigenvalue weighted by Gasteiger charge is -2.31. The summed E-state index contributed by atoms with van der Waals surface area (Å²) >= 11 is 3.46. The van der Waals surface area contributed by atoms with Crippen LogP contribution >= 0.6 is 15.9 Å². The van der Waals surface area contributed by atoms with E-state index in [4.69, 9.17) is 9.52 Å². The van der Waals surface area contributed by atoms with Gasteiger partial charge >= 0.3 is 6.16 Å². The summed E-state index contributed by atoms with van der Waals surface area (Å²) in [6.45, 7) is 2.18. The molecule has 0 saturated heterocycles. The highest BCUT2D eigenvalue weighted by molar-refractivity contribution is 9.10. The molecule has 1 fully saturated rings. The first kappa shape index (κ1) is 25.0. The molecule has 4 rings (SSSR count). The van der Waals surface area contributed by atoms with E-state index in [0.717, 1.165) is 45.6 Å². The number of carboxylic acid groups (broad SMARTS) is 1. The fourth-order valence-electron chi connectivity index (χ4n) is 4.73. The van der Waals surface area contributed by atoms with E-state index in [2.05, 4.69) is 37.9 Å². The van der Waals surface area contributed by atoms with Gasteiger partial charge in [-0.2, -0.15) is 0 Å². The molecule has 8 nitrogen and oxygen atoms in total. The van der Waals surface area contributed by atoms with Crippen LogP contribution in [0.2, 0.25) is 0 Å². The number of amides is 1. The van der Waals surface area contributed by atoms with E-state index in [1.807, 2.05) is 24.3 Å². The maximum atomic E-state index is 12.7. The number of ether oxygens (including phenoxy) is 1. The number of furan rings is 1. The molecule has 186 valence electrons. The van der Waals surface area contributed by atoms with Gasteiger partial charge in [-0.3, -0.25) is 4.79 Å². The van der Waals surface area contributed by atoms with Crippen molar-refractivity contribution in [2.75, 3.05) is 25.5 Å². The maximum absolute atomic E-state index is 12.7. The molecule has 0 radical (unpaired) electrons. The third-order valence-electron chi connectivity index (χ3n) is 6.63. The summed E-state index contributed by atoms with van der Waals surface area (Å²) in [6.07, 6.45) is 4.58. The number of hydrogen-bond donors (Lipinski definition) is 2. The molecule has 2 heterocycles. The second-order valence-corrected chi connectivity index (χ2v) is 9.82. The summed E-state index contributed by atoms with van der Waals surface area (Å²) in [5, 5.41) is 12.3. The number of nitrogens with zero attached hydrogens (tertiary/aromatic N) is 2. The van der Waals surface area contributed by atoms with Crippen LogP contribution in [0.15, 0.2) is 45.4 Å². The monoisotopic (exact) mass is 543 g/mol. The van der Waals surface area contributed by atoms with Crippen molar-refractivity contribution < 1.29 is 23.8 Å². The van der Waals surface area contributed by atoms with Gasteiger partial charge in [0.05, 0.1) is 12.6 Å². The number of aryl methyl sites for hydroxylation is 1. The highest BCUT2D eigenvalue weighted by Gasteiger charge is 2.30. The van der Waals surface area contributed by atoms with Crippen LogP contribution < -0.4 is 5.32 Å². The SMILES string of the molecule is Cc1c(C(Nc2ccc(C(=O)N(C)CCOC(=O)O)cc2)C2CCCCC2)oc2ccc(Br)nc12. The zero-order valence-corrected chi connectivity index (χ0v) is 21.5. The van der Waals surface area contributed by atoms with Gasteiger partial charge in [0.25, 0.3) is 5.91 Å². The third-order valence-corrected chi connectivity index (χ3v) is 7.07. The van der Waals surface area contributed by atoms with Crippen molar-refractivity contribution in [3.05, 3.63) is 57.9 Å². The Morgan fingerprint density at radius 3 is 2.60 bits per heavy atom. The molecule has 1 aliphatic carbocycles. The van der Waals surface area contributed by atoms with E-state index in [1.54, 1.807) is 19.2 Å². The first-order valence-corrected chi connectivity index (χ1v) is 12.7. The molecule has 35 heavy (non-hydrogen) atoms. The molecule has 1 aliphatic rings. The topological polar surface area (TPSA) is 105 Å².